The van der Waals surface area contributed by atoms with Crippen LogP contribution in [0.4, 0.5) is 0 Å². The number of nitrogens with one attached hydrogen (secondary N) is 1. The fourth-order valence-electron chi connectivity index (χ4n) is 4.14. The van der Waals surface area contributed by atoms with Gasteiger partial charge in [-0.15, -0.1) is 0 Å². The van der Waals surface area contributed by atoms with Gasteiger partial charge in [0.15, 0.2) is 0 Å². The number of hydrogen-bond donors (Lipinski definition) is 1. The Bertz CT molecular complexity index is 341. The van der Waals surface area contributed by atoms with Gasteiger partial charge in [0.05, 0.1) is 6.10 Å². The zero-order valence-corrected chi connectivity index (χ0v) is 13.4. The number of hydrogen-bond acceptors (Lipinski definition) is 3. The molecule has 1 saturated heterocycles. The summed E-state index contributed by atoms with van der Waals surface area (Å²) in [6.45, 7) is 8.27. The number of ether oxygens (including phenoxy) is 1. The van der Waals surface area contributed by atoms with Crippen LogP contribution in [0.5, 0.6) is 0 Å². The second-order valence-corrected chi connectivity index (χ2v) is 6.30. The molecule has 0 aromatic carbocycles. The van der Waals surface area contributed by atoms with Crippen molar-refractivity contribution in [3.05, 3.63) is 0 Å². The molecule has 0 aromatic rings. The molecule has 3 atom stereocenters. The molecule has 1 N–H and O–H groups in total. The van der Waals surface area contributed by atoms with Crippen molar-refractivity contribution in [3.8, 4) is 0 Å². The summed E-state index contributed by atoms with van der Waals surface area (Å²) in [7, 11) is 1.83. The van der Waals surface area contributed by atoms with Crippen molar-refractivity contribution in [2.24, 2.45) is 5.41 Å². The first kappa shape index (κ1) is 15.8. The van der Waals surface area contributed by atoms with Crippen molar-refractivity contribution in [1.29, 1.82) is 0 Å². The molecule has 4 heteroatoms. The summed E-state index contributed by atoms with van der Waals surface area (Å²) in [5, 5.41) is 3.81. The van der Waals surface area contributed by atoms with Crippen molar-refractivity contribution >= 4 is 5.91 Å². The van der Waals surface area contributed by atoms with Crippen molar-refractivity contribution < 1.29 is 9.53 Å². The molecule has 20 heavy (non-hydrogen) atoms. The minimum atomic E-state index is 0.287. The van der Waals surface area contributed by atoms with Crippen LogP contribution in [0.25, 0.3) is 0 Å². The highest BCUT2D eigenvalue weighted by molar-refractivity contribution is 5.76. The molecule has 1 saturated carbocycles. The van der Waals surface area contributed by atoms with Crippen LogP contribution in [-0.2, 0) is 9.53 Å². The molecule has 0 unspecified atom stereocenters. The lowest BCUT2D eigenvalue weighted by molar-refractivity contribution is -0.131. The Labute approximate surface area is 123 Å². The highest BCUT2D eigenvalue weighted by Gasteiger charge is 2.53. The molecule has 4 nitrogen and oxygen atoms in total. The smallest absolute Gasteiger partial charge is 0.222 e. The summed E-state index contributed by atoms with van der Waals surface area (Å²) in [6.07, 6.45) is 5.52. The second kappa shape index (κ2) is 6.44. The molecule has 2 fully saturated rings. The fraction of sp³-hybridized carbons (Fsp3) is 0.938. The zero-order chi connectivity index (χ0) is 14.8. The maximum Gasteiger partial charge on any atom is 0.222 e. The molecule has 0 spiro atoms. The van der Waals surface area contributed by atoms with Gasteiger partial charge in [0, 0.05) is 44.1 Å². The Kier molecular flexibility index (Phi) is 5.08. The Morgan fingerprint density at radius 1 is 1.35 bits per heavy atom. The number of rotatable bonds is 6. The predicted octanol–water partition coefficient (Wildman–Crippen LogP) is 2.18. The van der Waals surface area contributed by atoms with Gasteiger partial charge in [0.25, 0.3) is 0 Å². The third-order valence-electron chi connectivity index (χ3n) is 5.67. The maximum atomic E-state index is 11.7. The van der Waals surface area contributed by atoms with Gasteiger partial charge in [-0.1, -0.05) is 20.8 Å². The van der Waals surface area contributed by atoms with Gasteiger partial charge in [0.1, 0.15) is 0 Å². The Hall–Kier alpha value is -0.610. The van der Waals surface area contributed by atoms with E-state index in [1.807, 2.05) is 18.9 Å². The Morgan fingerprint density at radius 3 is 2.60 bits per heavy atom. The molecule has 1 amide bonds. The standard InChI is InChI=1S/C16H30N2O2/c1-5-15(19)18-9-8-12(11-18)17-13-10-14(20-4)16(13,6-2)7-3/h12-14,17H,5-11H2,1-4H3/t12-,13-,14+/m0/s1. The first-order valence-electron chi connectivity index (χ1n) is 8.17. The van der Waals surface area contributed by atoms with E-state index in [1.54, 1.807) is 0 Å². The first-order valence-corrected chi connectivity index (χ1v) is 8.17. The van der Waals surface area contributed by atoms with Gasteiger partial charge in [-0.25, -0.2) is 0 Å². The molecular formula is C16H30N2O2. The van der Waals surface area contributed by atoms with Gasteiger partial charge in [-0.2, -0.15) is 0 Å². The minimum Gasteiger partial charge on any atom is -0.381 e. The molecule has 0 bridgehead atoms. The van der Waals surface area contributed by atoms with Crippen molar-refractivity contribution in [2.75, 3.05) is 20.2 Å². The number of nitrogens with zero attached hydrogens (tertiary/aromatic N) is 1. The fourth-order valence-corrected chi connectivity index (χ4v) is 4.14. The monoisotopic (exact) mass is 282 g/mol. The van der Waals surface area contributed by atoms with Crippen LogP contribution in [0, 0.1) is 5.41 Å². The molecular weight excluding hydrogens is 252 g/mol. The molecule has 1 aliphatic carbocycles. The minimum absolute atomic E-state index is 0.287. The quantitative estimate of drug-likeness (QED) is 0.812. The molecule has 1 aliphatic heterocycles. The van der Waals surface area contributed by atoms with E-state index in [0.717, 1.165) is 38.8 Å². The summed E-state index contributed by atoms with van der Waals surface area (Å²) < 4.78 is 5.65. The molecule has 116 valence electrons. The SMILES string of the molecule is CCC(=O)N1CC[C@H](N[C@H]2C[C@@H](OC)C2(CC)CC)C1. The van der Waals surface area contributed by atoms with Crippen LogP contribution >= 0.6 is 0 Å². The van der Waals surface area contributed by atoms with Gasteiger partial charge < -0.3 is 15.0 Å². The van der Waals surface area contributed by atoms with Gasteiger partial charge in [-0.3, -0.25) is 4.79 Å². The topological polar surface area (TPSA) is 41.6 Å². The number of amides is 1. The second-order valence-electron chi connectivity index (χ2n) is 6.30. The number of carbonyl (C=O) groups excluding carboxylic acids is 1. The van der Waals surface area contributed by atoms with Crippen molar-refractivity contribution in [1.82, 2.24) is 10.2 Å². The van der Waals surface area contributed by atoms with Gasteiger partial charge >= 0.3 is 0 Å². The van der Waals surface area contributed by atoms with E-state index >= 15 is 0 Å². The molecule has 0 aromatic heterocycles. The van der Waals surface area contributed by atoms with E-state index in [0.29, 0.717) is 24.6 Å². The summed E-state index contributed by atoms with van der Waals surface area (Å²) >= 11 is 0. The largest absolute Gasteiger partial charge is 0.381 e. The average molecular weight is 282 g/mol. The van der Waals surface area contributed by atoms with Crippen LogP contribution in [0.1, 0.15) is 52.9 Å². The first-order chi connectivity index (χ1) is 9.61. The highest BCUT2D eigenvalue weighted by atomic mass is 16.5. The normalized spacial score (nSPS) is 32.2. The van der Waals surface area contributed by atoms with E-state index in [2.05, 4.69) is 19.2 Å². The third-order valence-corrected chi connectivity index (χ3v) is 5.67. The number of carbonyl (C=O) groups is 1. The zero-order valence-electron chi connectivity index (χ0n) is 13.4. The molecule has 2 rings (SSSR count). The van der Waals surface area contributed by atoms with Crippen LogP contribution in [0.15, 0.2) is 0 Å². The summed E-state index contributed by atoms with van der Waals surface area (Å²) in [4.78, 5) is 13.7. The lowest BCUT2D eigenvalue weighted by Crippen LogP contribution is -2.65. The van der Waals surface area contributed by atoms with Crippen LogP contribution < -0.4 is 5.32 Å². The van der Waals surface area contributed by atoms with Crippen LogP contribution in [0.2, 0.25) is 0 Å². The molecule has 2 aliphatic rings. The average Bonchev–Trinajstić information content (AvgIpc) is 2.92. The predicted molar refractivity (Wildman–Crippen MR) is 80.6 cm³/mol. The van der Waals surface area contributed by atoms with E-state index < -0.39 is 0 Å². The van der Waals surface area contributed by atoms with E-state index in [1.165, 1.54) is 0 Å². The van der Waals surface area contributed by atoms with Gasteiger partial charge in [-0.05, 0) is 25.7 Å². The summed E-state index contributed by atoms with van der Waals surface area (Å²) in [6, 6.07) is 1.01. The molecule has 0 radical (unpaired) electrons. The van der Waals surface area contributed by atoms with Crippen molar-refractivity contribution in [3.63, 3.8) is 0 Å². The van der Waals surface area contributed by atoms with Gasteiger partial charge in [0.2, 0.25) is 5.91 Å². The molecule has 1 heterocycles. The lowest BCUT2D eigenvalue weighted by Gasteiger charge is -2.56. The summed E-state index contributed by atoms with van der Waals surface area (Å²) in [5.41, 5.74) is 0.289. The third kappa shape index (κ3) is 2.60. The van der Waals surface area contributed by atoms with Crippen molar-refractivity contribution in [2.45, 2.75) is 71.1 Å². The van der Waals surface area contributed by atoms with E-state index in [9.17, 15) is 4.79 Å². The number of methoxy groups -OCH3 is 1. The highest BCUT2D eigenvalue weighted by Crippen LogP contribution is 2.48. The van der Waals surface area contributed by atoms with Crippen LogP contribution in [-0.4, -0.2) is 49.2 Å². The number of likely N-dealkylation sites (tertiary alicyclic amines) is 1. The Balaban J connectivity index is 1.90. The summed E-state index contributed by atoms with van der Waals surface area (Å²) in [5.74, 6) is 0.287. The van der Waals surface area contributed by atoms with Crippen LogP contribution in [0.3, 0.4) is 0 Å². The van der Waals surface area contributed by atoms with E-state index in [4.69, 9.17) is 4.74 Å². The Morgan fingerprint density at radius 2 is 2.05 bits per heavy atom. The lowest BCUT2D eigenvalue weighted by atomic mass is 9.58. The maximum absolute atomic E-state index is 11.7. The van der Waals surface area contributed by atoms with E-state index in [-0.39, 0.29) is 11.3 Å².